The van der Waals surface area contributed by atoms with Gasteiger partial charge in [-0.05, 0) is 25.0 Å². The lowest BCUT2D eigenvalue weighted by atomic mass is 10.1. The lowest BCUT2D eigenvalue weighted by molar-refractivity contribution is -0.133. The van der Waals surface area contributed by atoms with Crippen LogP contribution in [-0.4, -0.2) is 17.4 Å². The maximum absolute atomic E-state index is 13.5. The summed E-state index contributed by atoms with van der Waals surface area (Å²) in [5, 5.41) is 0. The molecule has 0 bridgehead atoms. The van der Waals surface area contributed by atoms with Crippen LogP contribution in [-0.2, 0) is 11.3 Å². The van der Waals surface area contributed by atoms with Gasteiger partial charge in [0.15, 0.2) is 0 Å². The monoisotopic (exact) mass is 222 g/mol. The maximum Gasteiger partial charge on any atom is 0.222 e. The number of hydrogen-bond donors (Lipinski definition) is 1. The average molecular weight is 222 g/mol. The molecule has 1 amide bonds. The van der Waals surface area contributed by atoms with Crippen molar-refractivity contribution in [1.29, 1.82) is 0 Å². The molecule has 2 N–H and O–H groups in total. The fourth-order valence-electron chi connectivity index (χ4n) is 1.96. The van der Waals surface area contributed by atoms with Gasteiger partial charge in [-0.1, -0.05) is 6.07 Å². The Hall–Kier alpha value is -1.58. The Morgan fingerprint density at radius 3 is 2.88 bits per heavy atom. The highest BCUT2D eigenvalue weighted by molar-refractivity contribution is 5.77. The van der Waals surface area contributed by atoms with E-state index in [0.29, 0.717) is 24.2 Å². The zero-order valence-corrected chi connectivity index (χ0v) is 9.08. The molecule has 1 saturated heterocycles. The molecule has 0 aliphatic carbocycles. The summed E-state index contributed by atoms with van der Waals surface area (Å²) >= 11 is 0. The molecule has 0 saturated carbocycles. The Labute approximate surface area is 94.0 Å². The summed E-state index contributed by atoms with van der Waals surface area (Å²) in [6.45, 7) is 0.990. The first-order valence-corrected chi connectivity index (χ1v) is 5.49. The molecule has 0 unspecified atom stereocenters. The topological polar surface area (TPSA) is 46.3 Å². The van der Waals surface area contributed by atoms with Gasteiger partial charge < -0.3 is 10.6 Å². The zero-order chi connectivity index (χ0) is 11.5. The highest BCUT2D eigenvalue weighted by Gasteiger charge is 2.20. The fourth-order valence-corrected chi connectivity index (χ4v) is 1.96. The number of rotatable bonds is 2. The van der Waals surface area contributed by atoms with Crippen LogP contribution in [0.1, 0.15) is 24.8 Å². The number of anilines is 1. The molecule has 1 aliphatic heterocycles. The van der Waals surface area contributed by atoms with Crippen molar-refractivity contribution in [3.8, 4) is 0 Å². The predicted octanol–water partition coefficient (Wildman–Crippen LogP) is 1.92. The fraction of sp³-hybridized carbons (Fsp3) is 0.417. The molecule has 3 nitrogen and oxygen atoms in total. The summed E-state index contributed by atoms with van der Waals surface area (Å²) in [5.74, 6) is -0.243. The standard InChI is InChI=1S/C12H15FN2O/c13-10-4-3-5-11(14)9(10)8-15-7-2-1-6-12(15)16/h3-5H,1-2,6-8,14H2. The van der Waals surface area contributed by atoms with Gasteiger partial charge in [0.2, 0.25) is 5.91 Å². The molecule has 0 atom stereocenters. The van der Waals surface area contributed by atoms with E-state index in [1.807, 2.05) is 0 Å². The van der Waals surface area contributed by atoms with Gasteiger partial charge in [-0.3, -0.25) is 4.79 Å². The summed E-state index contributed by atoms with van der Waals surface area (Å²) in [4.78, 5) is 13.3. The second kappa shape index (κ2) is 4.51. The molecule has 16 heavy (non-hydrogen) atoms. The third-order valence-corrected chi connectivity index (χ3v) is 2.93. The van der Waals surface area contributed by atoms with Gasteiger partial charge in [0.25, 0.3) is 0 Å². The van der Waals surface area contributed by atoms with Crippen molar-refractivity contribution in [2.45, 2.75) is 25.8 Å². The largest absolute Gasteiger partial charge is 0.398 e. The van der Waals surface area contributed by atoms with Gasteiger partial charge in [0.1, 0.15) is 5.82 Å². The van der Waals surface area contributed by atoms with E-state index in [2.05, 4.69) is 0 Å². The summed E-state index contributed by atoms with van der Waals surface area (Å²) in [7, 11) is 0. The van der Waals surface area contributed by atoms with Crippen LogP contribution in [0.3, 0.4) is 0 Å². The van der Waals surface area contributed by atoms with Crippen molar-refractivity contribution in [2.75, 3.05) is 12.3 Å². The minimum absolute atomic E-state index is 0.0916. The van der Waals surface area contributed by atoms with Crippen molar-refractivity contribution in [2.24, 2.45) is 0 Å². The molecular formula is C12H15FN2O. The number of nitrogen functional groups attached to an aromatic ring is 1. The Balaban J connectivity index is 2.16. The number of likely N-dealkylation sites (tertiary alicyclic amines) is 1. The number of carbonyl (C=O) groups excluding carboxylic acids is 1. The summed E-state index contributed by atoms with van der Waals surface area (Å²) < 4.78 is 13.5. The van der Waals surface area contributed by atoms with E-state index in [9.17, 15) is 9.18 Å². The van der Waals surface area contributed by atoms with Crippen LogP contribution in [0, 0.1) is 5.82 Å². The zero-order valence-electron chi connectivity index (χ0n) is 9.08. The van der Waals surface area contributed by atoms with Gasteiger partial charge in [-0.15, -0.1) is 0 Å². The van der Waals surface area contributed by atoms with E-state index >= 15 is 0 Å². The van der Waals surface area contributed by atoms with Crippen molar-refractivity contribution in [3.63, 3.8) is 0 Å². The van der Waals surface area contributed by atoms with Crippen LogP contribution in [0.4, 0.5) is 10.1 Å². The number of benzene rings is 1. The number of nitrogens with two attached hydrogens (primary N) is 1. The van der Waals surface area contributed by atoms with Crippen LogP contribution < -0.4 is 5.73 Å². The molecule has 0 radical (unpaired) electrons. The van der Waals surface area contributed by atoms with E-state index in [1.54, 1.807) is 17.0 Å². The normalized spacial score (nSPS) is 16.6. The van der Waals surface area contributed by atoms with Crippen LogP contribution in [0.2, 0.25) is 0 Å². The van der Waals surface area contributed by atoms with E-state index in [1.165, 1.54) is 6.07 Å². The number of carbonyl (C=O) groups is 1. The van der Waals surface area contributed by atoms with Crippen LogP contribution in [0.15, 0.2) is 18.2 Å². The van der Waals surface area contributed by atoms with Crippen LogP contribution >= 0.6 is 0 Å². The third kappa shape index (κ3) is 2.15. The molecule has 86 valence electrons. The van der Waals surface area contributed by atoms with E-state index in [-0.39, 0.29) is 18.3 Å². The average Bonchev–Trinajstić information content (AvgIpc) is 2.26. The summed E-state index contributed by atoms with van der Waals surface area (Å²) in [5.41, 5.74) is 6.55. The van der Waals surface area contributed by atoms with Gasteiger partial charge in [-0.2, -0.15) is 0 Å². The number of amides is 1. The molecule has 4 heteroatoms. The lowest BCUT2D eigenvalue weighted by Gasteiger charge is -2.27. The van der Waals surface area contributed by atoms with Crippen molar-refractivity contribution < 1.29 is 9.18 Å². The first kappa shape index (κ1) is 10.9. The molecule has 1 heterocycles. The summed E-state index contributed by atoms with van der Waals surface area (Å²) in [6, 6.07) is 4.61. The van der Waals surface area contributed by atoms with Gasteiger partial charge >= 0.3 is 0 Å². The predicted molar refractivity (Wildman–Crippen MR) is 60.1 cm³/mol. The second-order valence-electron chi connectivity index (χ2n) is 4.08. The number of hydrogen-bond acceptors (Lipinski definition) is 2. The highest BCUT2D eigenvalue weighted by Crippen LogP contribution is 2.20. The van der Waals surface area contributed by atoms with Crippen LogP contribution in [0.5, 0.6) is 0 Å². The number of nitrogens with zero attached hydrogens (tertiary/aromatic N) is 1. The SMILES string of the molecule is Nc1cccc(F)c1CN1CCCCC1=O. The maximum atomic E-state index is 13.5. The number of piperidine rings is 1. The van der Waals surface area contributed by atoms with Crippen molar-refractivity contribution in [1.82, 2.24) is 4.90 Å². The molecule has 0 spiro atoms. The Morgan fingerprint density at radius 2 is 2.19 bits per heavy atom. The molecular weight excluding hydrogens is 207 g/mol. The second-order valence-corrected chi connectivity index (χ2v) is 4.08. The molecule has 1 aromatic rings. The first-order valence-electron chi connectivity index (χ1n) is 5.49. The van der Waals surface area contributed by atoms with Crippen molar-refractivity contribution in [3.05, 3.63) is 29.6 Å². The van der Waals surface area contributed by atoms with E-state index < -0.39 is 0 Å². The Morgan fingerprint density at radius 1 is 1.38 bits per heavy atom. The van der Waals surface area contributed by atoms with E-state index in [4.69, 9.17) is 5.73 Å². The van der Waals surface area contributed by atoms with Gasteiger partial charge in [0.05, 0.1) is 6.54 Å². The molecule has 1 fully saturated rings. The van der Waals surface area contributed by atoms with Gasteiger partial charge in [0, 0.05) is 24.2 Å². The highest BCUT2D eigenvalue weighted by atomic mass is 19.1. The number of halogens is 1. The minimum Gasteiger partial charge on any atom is -0.398 e. The van der Waals surface area contributed by atoms with Crippen molar-refractivity contribution >= 4 is 11.6 Å². The minimum atomic E-state index is -0.335. The smallest absolute Gasteiger partial charge is 0.222 e. The molecule has 1 aromatic carbocycles. The lowest BCUT2D eigenvalue weighted by Crippen LogP contribution is -2.35. The first-order chi connectivity index (χ1) is 7.68. The molecule has 2 rings (SSSR count). The van der Waals surface area contributed by atoms with Crippen LogP contribution in [0.25, 0.3) is 0 Å². The Kier molecular flexibility index (Phi) is 3.08. The van der Waals surface area contributed by atoms with E-state index in [0.717, 1.165) is 12.8 Å². The Bertz CT molecular complexity index is 386. The summed E-state index contributed by atoms with van der Waals surface area (Å²) in [6.07, 6.45) is 2.48. The quantitative estimate of drug-likeness (QED) is 0.777. The molecule has 1 aliphatic rings. The third-order valence-electron chi connectivity index (χ3n) is 2.93. The molecule has 0 aromatic heterocycles. The van der Waals surface area contributed by atoms with Gasteiger partial charge in [-0.25, -0.2) is 4.39 Å².